The van der Waals surface area contributed by atoms with Gasteiger partial charge in [-0.3, -0.25) is 14.2 Å². The molecule has 0 atom stereocenters. The van der Waals surface area contributed by atoms with Gasteiger partial charge in [0.25, 0.3) is 5.91 Å². The summed E-state index contributed by atoms with van der Waals surface area (Å²) in [5.74, 6) is 0.670. The van der Waals surface area contributed by atoms with Crippen molar-refractivity contribution in [2.75, 3.05) is 18.5 Å². The molecule has 0 spiro atoms. The highest BCUT2D eigenvalue weighted by Gasteiger charge is 2.15. The van der Waals surface area contributed by atoms with Crippen molar-refractivity contribution in [3.63, 3.8) is 0 Å². The number of imidazole rings is 1. The Morgan fingerprint density at radius 2 is 2.12 bits per heavy atom. The summed E-state index contributed by atoms with van der Waals surface area (Å²) in [4.78, 5) is 20.6. The van der Waals surface area contributed by atoms with Gasteiger partial charge in [-0.1, -0.05) is 0 Å². The Hall–Kier alpha value is -3.86. The third-order valence-electron chi connectivity index (χ3n) is 3.80. The van der Waals surface area contributed by atoms with Crippen molar-refractivity contribution in [1.82, 2.24) is 14.4 Å². The fourth-order valence-corrected chi connectivity index (χ4v) is 2.58. The largest absolute Gasteiger partial charge is 0.486 e. The van der Waals surface area contributed by atoms with Crippen molar-refractivity contribution in [3.8, 4) is 17.6 Å². The summed E-state index contributed by atoms with van der Waals surface area (Å²) in [5, 5.41) is 12.1. The lowest BCUT2D eigenvalue weighted by Crippen LogP contribution is -2.17. The fourth-order valence-electron chi connectivity index (χ4n) is 2.58. The van der Waals surface area contributed by atoms with Crippen molar-refractivity contribution in [3.05, 3.63) is 54.3 Å². The van der Waals surface area contributed by atoms with Crippen LogP contribution in [0.15, 0.2) is 48.6 Å². The van der Waals surface area contributed by atoms with Gasteiger partial charge in [0.05, 0.1) is 18.1 Å². The van der Waals surface area contributed by atoms with Crippen LogP contribution in [0.3, 0.4) is 0 Å². The van der Waals surface area contributed by atoms with E-state index in [-0.39, 0.29) is 5.57 Å². The zero-order valence-electron chi connectivity index (χ0n) is 13.5. The zero-order valence-corrected chi connectivity index (χ0v) is 13.5. The number of carbonyl (C=O) groups is 1. The van der Waals surface area contributed by atoms with Crippen molar-refractivity contribution >= 4 is 23.3 Å². The highest BCUT2D eigenvalue weighted by atomic mass is 16.6. The summed E-state index contributed by atoms with van der Waals surface area (Å²) in [6.45, 7) is 0.950. The first-order valence-corrected chi connectivity index (χ1v) is 7.84. The van der Waals surface area contributed by atoms with Gasteiger partial charge >= 0.3 is 0 Å². The number of aromatic nitrogens is 3. The molecule has 3 heterocycles. The van der Waals surface area contributed by atoms with E-state index in [9.17, 15) is 10.1 Å². The molecule has 0 unspecified atom stereocenters. The Morgan fingerprint density at radius 1 is 1.27 bits per heavy atom. The lowest BCUT2D eigenvalue weighted by atomic mass is 10.2. The lowest BCUT2D eigenvalue weighted by Gasteiger charge is -2.18. The second kappa shape index (κ2) is 6.57. The molecule has 0 bridgehead atoms. The van der Waals surface area contributed by atoms with Crippen LogP contribution in [0.1, 0.15) is 5.69 Å². The van der Waals surface area contributed by atoms with Gasteiger partial charge in [-0.05, 0) is 18.2 Å². The molecule has 3 aromatic rings. The summed E-state index contributed by atoms with van der Waals surface area (Å²) in [7, 11) is 0. The fraction of sp³-hybridized carbons (Fsp3) is 0.111. The summed E-state index contributed by atoms with van der Waals surface area (Å²) in [5.41, 5.74) is 1.71. The van der Waals surface area contributed by atoms with E-state index in [2.05, 4.69) is 15.3 Å². The van der Waals surface area contributed by atoms with Crippen molar-refractivity contribution < 1.29 is 14.3 Å². The average Bonchev–Trinajstić information content (AvgIpc) is 3.09. The number of amides is 1. The second-order valence-corrected chi connectivity index (χ2v) is 5.47. The van der Waals surface area contributed by atoms with Crippen LogP contribution in [0.2, 0.25) is 0 Å². The molecule has 8 heteroatoms. The molecule has 1 aliphatic rings. The molecule has 1 aromatic carbocycles. The minimum Gasteiger partial charge on any atom is -0.486 e. The number of nitriles is 1. The third kappa shape index (κ3) is 2.93. The molecule has 8 nitrogen and oxygen atoms in total. The maximum atomic E-state index is 12.5. The quantitative estimate of drug-likeness (QED) is 0.575. The van der Waals surface area contributed by atoms with Crippen molar-refractivity contribution in [2.24, 2.45) is 0 Å². The normalized spacial score (nSPS) is 13.3. The van der Waals surface area contributed by atoms with E-state index in [1.54, 1.807) is 47.4 Å². The molecule has 1 N–H and O–H groups in total. The third-order valence-corrected chi connectivity index (χ3v) is 3.80. The number of benzene rings is 1. The molecule has 0 saturated heterocycles. The molecular formula is C18H13N5O3. The van der Waals surface area contributed by atoms with E-state index in [4.69, 9.17) is 9.47 Å². The van der Waals surface area contributed by atoms with Gasteiger partial charge in [0.15, 0.2) is 17.1 Å². The number of ether oxygens (including phenoxy) is 2. The van der Waals surface area contributed by atoms with Crippen molar-refractivity contribution in [2.45, 2.75) is 0 Å². The Bertz CT molecular complexity index is 1060. The molecule has 4 rings (SSSR count). The molecule has 128 valence electrons. The lowest BCUT2D eigenvalue weighted by molar-refractivity contribution is -0.112. The summed E-state index contributed by atoms with van der Waals surface area (Å²) in [6, 6.07) is 7.01. The van der Waals surface area contributed by atoms with Crippen LogP contribution < -0.4 is 14.8 Å². The molecule has 0 fully saturated rings. The van der Waals surface area contributed by atoms with E-state index in [0.717, 1.165) is 0 Å². The topological polar surface area (TPSA) is 102 Å². The van der Waals surface area contributed by atoms with Crippen LogP contribution in [-0.2, 0) is 4.79 Å². The van der Waals surface area contributed by atoms with E-state index < -0.39 is 5.91 Å². The Morgan fingerprint density at radius 3 is 2.96 bits per heavy atom. The first kappa shape index (κ1) is 15.7. The molecule has 0 radical (unpaired) electrons. The maximum Gasteiger partial charge on any atom is 0.266 e. The number of hydrogen-bond donors (Lipinski definition) is 1. The first-order valence-electron chi connectivity index (χ1n) is 7.84. The number of nitrogens with one attached hydrogen (secondary N) is 1. The summed E-state index contributed by atoms with van der Waals surface area (Å²) in [6.07, 6.45) is 7.97. The van der Waals surface area contributed by atoms with Crippen LogP contribution in [0.5, 0.6) is 11.5 Å². The van der Waals surface area contributed by atoms with Crippen LogP contribution in [0.25, 0.3) is 11.7 Å². The minimum absolute atomic E-state index is 0.0431. The Balaban J connectivity index is 1.59. The Kier molecular flexibility index (Phi) is 3.95. The molecule has 2 aromatic heterocycles. The highest BCUT2D eigenvalue weighted by Crippen LogP contribution is 2.32. The minimum atomic E-state index is -0.520. The molecular weight excluding hydrogens is 334 g/mol. The zero-order chi connectivity index (χ0) is 17.9. The predicted octanol–water partition coefficient (Wildman–Crippen LogP) is 2.05. The average molecular weight is 347 g/mol. The van der Waals surface area contributed by atoms with E-state index in [0.29, 0.717) is 41.7 Å². The van der Waals surface area contributed by atoms with Crippen molar-refractivity contribution in [1.29, 1.82) is 5.26 Å². The number of rotatable bonds is 3. The monoisotopic (exact) mass is 347 g/mol. The van der Waals surface area contributed by atoms with Crippen LogP contribution in [0.4, 0.5) is 5.69 Å². The predicted molar refractivity (Wildman–Crippen MR) is 92.6 cm³/mol. The van der Waals surface area contributed by atoms with E-state index in [1.807, 2.05) is 6.07 Å². The number of nitrogens with zero attached hydrogens (tertiary/aromatic N) is 4. The van der Waals surface area contributed by atoms with Gasteiger partial charge < -0.3 is 14.8 Å². The van der Waals surface area contributed by atoms with Gasteiger partial charge in [-0.2, -0.15) is 5.26 Å². The Labute approximate surface area is 148 Å². The molecule has 0 aliphatic carbocycles. The summed E-state index contributed by atoms with van der Waals surface area (Å²) < 4.78 is 12.7. The van der Waals surface area contributed by atoms with E-state index in [1.165, 1.54) is 6.08 Å². The molecule has 26 heavy (non-hydrogen) atoms. The van der Waals surface area contributed by atoms with Crippen LogP contribution >= 0.6 is 0 Å². The SMILES string of the molecule is N#C/C(=C\c1cnc2cnccn12)C(=O)Nc1ccc2c(c1)OCCO2. The van der Waals surface area contributed by atoms with Gasteiger partial charge in [0.1, 0.15) is 24.9 Å². The van der Waals surface area contributed by atoms with E-state index >= 15 is 0 Å². The summed E-state index contributed by atoms with van der Waals surface area (Å²) >= 11 is 0. The van der Waals surface area contributed by atoms with Gasteiger partial charge in [-0.15, -0.1) is 0 Å². The van der Waals surface area contributed by atoms with Gasteiger partial charge in [0.2, 0.25) is 0 Å². The standard InChI is InChI=1S/C18H13N5O3/c19-9-12(7-14-10-21-17-11-20-3-4-23(14)17)18(24)22-13-1-2-15-16(8-13)26-6-5-25-15/h1-4,7-8,10-11H,5-6H2,(H,22,24)/b12-7+. The number of carbonyl (C=O) groups excluding carboxylic acids is 1. The van der Waals surface area contributed by atoms with Crippen LogP contribution in [-0.4, -0.2) is 33.5 Å². The number of anilines is 1. The number of hydrogen-bond acceptors (Lipinski definition) is 6. The highest BCUT2D eigenvalue weighted by molar-refractivity contribution is 6.09. The molecule has 1 aliphatic heterocycles. The van der Waals surface area contributed by atoms with Gasteiger partial charge in [-0.25, -0.2) is 4.98 Å². The maximum absolute atomic E-state index is 12.5. The van der Waals surface area contributed by atoms with Crippen LogP contribution in [0, 0.1) is 11.3 Å². The van der Waals surface area contributed by atoms with Gasteiger partial charge in [0, 0.05) is 24.1 Å². The molecule has 0 saturated carbocycles. The smallest absolute Gasteiger partial charge is 0.266 e. The number of fused-ring (bicyclic) bond motifs is 2. The second-order valence-electron chi connectivity index (χ2n) is 5.47. The molecule has 1 amide bonds. The first-order chi connectivity index (χ1) is 12.7.